The van der Waals surface area contributed by atoms with Crippen LogP contribution >= 0.6 is 12.4 Å². The van der Waals surface area contributed by atoms with Crippen LogP contribution in [0, 0.1) is 5.41 Å². The maximum Gasteiger partial charge on any atom is 0.117 e. The molecule has 0 atom stereocenters. The van der Waals surface area contributed by atoms with Gasteiger partial charge < -0.3 is 19.0 Å². The van der Waals surface area contributed by atoms with Gasteiger partial charge in [-0.2, -0.15) is 0 Å². The highest BCUT2D eigenvalue weighted by Crippen LogP contribution is 2.49. The summed E-state index contributed by atoms with van der Waals surface area (Å²) in [5.41, 5.74) is 5.06. The fourth-order valence-electron chi connectivity index (χ4n) is 6.44. The average Bonchev–Trinajstić information content (AvgIpc) is 3.42. The Bertz CT molecular complexity index is 891. The van der Waals surface area contributed by atoms with E-state index in [2.05, 4.69) is 52.8 Å². The minimum atomic E-state index is 0. The van der Waals surface area contributed by atoms with E-state index >= 15 is 0 Å². The fraction of sp³-hybridized carbons (Fsp3) is 0.655. The van der Waals surface area contributed by atoms with Crippen LogP contribution in [0.5, 0.6) is 0 Å². The number of hydrogen-bond donors (Lipinski definition) is 0. The second-order valence-corrected chi connectivity index (χ2v) is 10.7. The Morgan fingerprint density at radius 3 is 2.23 bits per heavy atom. The lowest BCUT2D eigenvalue weighted by Crippen LogP contribution is -2.46. The molecular formula is C29H44ClN3O2. The summed E-state index contributed by atoms with van der Waals surface area (Å²) in [5.74, 6) is 1.75. The molecule has 0 spiro atoms. The van der Waals surface area contributed by atoms with Crippen molar-refractivity contribution in [2.75, 3.05) is 62.3 Å². The number of piperazine rings is 1. The second-order valence-electron chi connectivity index (χ2n) is 10.7. The molecule has 3 fully saturated rings. The van der Waals surface area contributed by atoms with Crippen LogP contribution in [0.3, 0.4) is 0 Å². The van der Waals surface area contributed by atoms with Gasteiger partial charge in [0.15, 0.2) is 0 Å². The summed E-state index contributed by atoms with van der Waals surface area (Å²) in [4.78, 5) is 7.69. The normalized spacial score (nSPS) is 21.7. The van der Waals surface area contributed by atoms with Crippen molar-refractivity contribution in [2.24, 2.45) is 5.41 Å². The van der Waals surface area contributed by atoms with E-state index in [9.17, 15) is 0 Å². The summed E-state index contributed by atoms with van der Waals surface area (Å²) in [7, 11) is 0. The molecule has 5 nitrogen and oxygen atoms in total. The molecule has 0 bridgehead atoms. The van der Waals surface area contributed by atoms with Crippen molar-refractivity contribution in [1.82, 2.24) is 4.90 Å². The van der Waals surface area contributed by atoms with Crippen molar-refractivity contribution >= 4 is 23.8 Å². The molecule has 2 aromatic rings. The lowest BCUT2D eigenvalue weighted by atomic mass is 9.66. The van der Waals surface area contributed by atoms with Crippen LogP contribution in [0.2, 0.25) is 0 Å². The summed E-state index contributed by atoms with van der Waals surface area (Å²) in [6, 6.07) is 11.4. The van der Waals surface area contributed by atoms with Crippen LogP contribution in [-0.2, 0) is 11.3 Å². The molecule has 5 rings (SSSR count). The molecule has 0 amide bonds. The van der Waals surface area contributed by atoms with Gasteiger partial charge in [-0.25, -0.2) is 0 Å². The quantitative estimate of drug-likeness (QED) is 0.443. The molecule has 2 aliphatic heterocycles. The molecular weight excluding hydrogens is 458 g/mol. The number of benzene rings is 1. The van der Waals surface area contributed by atoms with Crippen molar-refractivity contribution in [2.45, 2.75) is 64.8 Å². The van der Waals surface area contributed by atoms with E-state index in [0.29, 0.717) is 11.3 Å². The first-order chi connectivity index (χ1) is 16.7. The summed E-state index contributed by atoms with van der Waals surface area (Å²) in [5, 5.41) is 0. The lowest BCUT2D eigenvalue weighted by molar-refractivity contribution is 0.122. The number of morpholine rings is 1. The minimum Gasteiger partial charge on any atom is -0.468 e. The van der Waals surface area contributed by atoms with Gasteiger partial charge >= 0.3 is 0 Å². The van der Waals surface area contributed by atoms with E-state index in [0.717, 1.165) is 64.8 Å². The monoisotopic (exact) mass is 501 g/mol. The van der Waals surface area contributed by atoms with E-state index in [1.165, 1.54) is 49.9 Å². The van der Waals surface area contributed by atoms with E-state index in [4.69, 9.17) is 9.15 Å². The van der Waals surface area contributed by atoms with Gasteiger partial charge in [0.05, 0.1) is 26.0 Å². The molecule has 1 aliphatic carbocycles. The zero-order valence-electron chi connectivity index (χ0n) is 21.7. The van der Waals surface area contributed by atoms with Crippen LogP contribution in [0.15, 0.2) is 41.0 Å². The Hall–Kier alpha value is -1.69. The molecule has 1 saturated carbocycles. The van der Waals surface area contributed by atoms with Crippen molar-refractivity contribution in [3.63, 3.8) is 0 Å². The van der Waals surface area contributed by atoms with Gasteiger partial charge in [-0.3, -0.25) is 4.90 Å². The number of ether oxygens (including phenoxy) is 1. The fourth-order valence-corrected chi connectivity index (χ4v) is 6.44. The number of rotatable bonds is 7. The molecule has 0 unspecified atom stereocenters. The second kappa shape index (κ2) is 12.0. The van der Waals surface area contributed by atoms with Crippen LogP contribution in [0.25, 0.3) is 0 Å². The minimum absolute atomic E-state index is 0. The number of anilines is 2. The van der Waals surface area contributed by atoms with E-state index in [1.807, 2.05) is 6.07 Å². The molecule has 194 valence electrons. The first kappa shape index (κ1) is 26.4. The molecule has 1 aromatic heterocycles. The summed E-state index contributed by atoms with van der Waals surface area (Å²) < 4.78 is 11.2. The van der Waals surface area contributed by atoms with Gasteiger partial charge in [-0.15, -0.1) is 12.4 Å². The molecule has 0 N–H and O–H groups in total. The van der Waals surface area contributed by atoms with Crippen LogP contribution < -0.4 is 9.80 Å². The third kappa shape index (κ3) is 6.00. The summed E-state index contributed by atoms with van der Waals surface area (Å²) >= 11 is 0. The van der Waals surface area contributed by atoms with E-state index in [-0.39, 0.29) is 12.4 Å². The third-order valence-electron chi connectivity index (χ3n) is 9.05. The topological polar surface area (TPSA) is 32.1 Å². The van der Waals surface area contributed by atoms with Gasteiger partial charge in [0.2, 0.25) is 0 Å². The molecule has 3 heterocycles. The van der Waals surface area contributed by atoms with Gasteiger partial charge in [0.1, 0.15) is 5.76 Å². The highest BCUT2D eigenvalue weighted by molar-refractivity contribution is 5.85. The summed E-state index contributed by atoms with van der Waals surface area (Å²) in [6.07, 6.45) is 9.86. The van der Waals surface area contributed by atoms with Gasteiger partial charge in [-0.1, -0.05) is 26.7 Å². The number of hydrogen-bond acceptors (Lipinski definition) is 5. The Balaban J connectivity index is 0.00000289. The van der Waals surface area contributed by atoms with E-state index < -0.39 is 0 Å². The lowest BCUT2D eigenvalue weighted by Gasteiger charge is -2.42. The smallest absolute Gasteiger partial charge is 0.117 e. The highest BCUT2D eigenvalue weighted by atomic mass is 35.5. The predicted molar refractivity (Wildman–Crippen MR) is 147 cm³/mol. The zero-order valence-corrected chi connectivity index (χ0v) is 22.5. The zero-order chi connectivity index (χ0) is 23.4. The molecule has 35 heavy (non-hydrogen) atoms. The predicted octanol–water partition coefficient (Wildman–Crippen LogP) is 6.32. The number of halogens is 1. The van der Waals surface area contributed by atoms with Crippen LogP contribution in [0.4, 0.5) is 11.4 Å². The van der Waals surface area contributed by atoms with Gasteiger partial charge in [-0.05, 0) is 72.9 Å². The Kier molecular flexibility index (Phi) is 9.07. The van der Waals surface area contributed by atoms with Gasteiger partial charge in [0, 0.05) is 50.6 Å². The van der Waals surface area contributed by atoms with Crippen molar-refractivity contribution < 1.29 is 9.15 Å². The molecule has 1 aromatic carbocycles. The van der Waals surface area contributed by atoms with Crippen molar-refractivity contribution in [3.05, 3.63) is 47.9 Å². The SMILES string of the molecule is CCC1(CC)CCC(c2cc(N3CCOCC3)ccc2N2CCN(Cc3ccco3)CC2)CC1.Cl. The molecule has 6 heteroatoms. The first-order valence-corrected chi connectivity index (χ1v) is 13.7. The molecule has 0 radical (unpaired) electrons. The van der Waals surface area contributed by atoms with Crippen LogP contribution in [0.1, 0.15) is 69.6 Å². The molecule has 3 aliphatic rings. The Morgan fingerprint density at radius 2 is 1.60 bits per heavy atom. The number of furan rings is 1. The Morgan fingerprint density at radius 1 is 0.886 bits per heavy atom. The van der Waals surface area contributed by atoms with Crippen LogP contribution in [-0.4, -0.2) is 57.4 Å². The largest absolute Gasteiger partial charge is 0.468 e. The standard InChI is InChI=1S/C29H43N3O2.ClH/c1-3-29(4-2)11-9-24(10-12-29)27-22-25(31-17-20-33-21-18-31)7-8-28(27)32-15-13-30(14-16-32)23-26-6-5-19-34-26;/h5-8,19,22,24H,3-4,9-18,20-21,23H2,1-2H3;1H. The number of nitrogens with zero attached hydrogens (tertiary/aromatic N) is 3. The highest BCUT2D eigenvalue weighted by Gasteiger charge is 2.34. The molecule has 2 saturated heterocycles. The van der Waals surface area contributed by atoms with Crippen molar-refractivity contribution in [1.29, 1.82) is 0 Å². The van der Waals surface area contributed by atoms with Crippen molar-refractivity contribution in [3.8, 4) is 0 Å². The first-order valence-electron chi connectivity index (χ1n) is 13.7. The maximum atomic E-state index is 5.62. The summed E-state index contributed by atoms with van der Waals surface area (Å²) in [6.45, 7) is 13.8. The van der Waals surface area contributed by atoms with E-state index in [1.54, 1.807) is 11.8 Å². The third-order valence-corrected chi connectivity index (χ3v) is 9.05. The Labute approximate surface area is 218 Å². The average molecular weight is 502 g/mol. The van der Waals surface area contributed by atoms with Gasteiger partial charge in [0.25, 0.3) is 0 Å². The maximum absolute atomic E-state index is 5.62.